The van der Waals surface area contributed by atoms with Crippen LogP contribution < -0.4 is 10.1 Å². The zero-order valence-electron chi connectivity index (χ0n) is 8.97. The molecule has 1 aromatic rings. The summed E-state index contributed by atoms with van der Waals surface area (Å²) >= 11 is 0. The molecule has 2 rings (SSSR count). The van der Waals surface area contributed by atoms with Crippen LogP contribution in [0.1, 0.15) is 12.0 Å². The summed E-state index contributed by atoms with van der Waals surface area (Å²) in [4.78, 5) is 21.7. The van der Waals surface area contributed by atoms with Crippen molar-refractivity contribution in [2.24, 2.45) is 0 Å². The van der Waals surface area contributed by atoms with E-state index < -0.39 is 5.97 Å². The highest BCUT2D eigenvalue weighted by Gasteiger charge is 2.13. The van der Waals surface area contributed by atoms with Gasteiger partial charge >= 0.3 is 5.97 Å². The second kappa shape index (κ2) is 4.69. The summed E-state index contributed by atoms with van der Waals surface area (Å²) in [5.41, 5.74) is 1.26. The highest BCUT2D eigenvalue weighted by molar-refractivity contribution is 5.93. The van der Waals surface area contributed by atoms with Crippen LogP contribution in [0.2, 0.25) is 0 Å². The summed E-state index contributed by atoms with van der Waals surface area (Å²) in [6.07, 6.45) is 2.82. The van der Waals surface area contributed by atoms with Gasteiger partial charge in [-0.15, -0.1) is 0 Å². The minimum absolute atomic E-state index is 0.108. The third-order valence-electron chi connectivity index (χ3n) is 2.28. The van der Waals surface area contributed by atoms with Gasteiger partial charge in [0.1, 0.15) is 5.75 Å². The van der Waals surface area contributed by atoms with Crippen molar-refractivity contribution >= 4 is 23.6 Å². The summed E-state index contributed by atoms with van der Waals surface area (Å²) in [6, 6.07) is 5.12. The van der Waals surface area contributed by atoms with Crippen molar-refractivity contribution < 1.29 is 19.4 Å². The highest BCUT2D eigenvalue weighted by atomic mass is 16.5. The first-order chi connectivity index (χ1) is 8.15. The lowest BCUT2D eigenvalue weighted by atomic mass is 10.1. The molecule has 2 N–H and O–H groups in total. The number of nitrogens with one attached hydrogen (secondary N) is 1. The lowest BCUT2D eigenvalue weighted by Gasteiger charge is -2.07. The van der Waals surface area contributed by atoms with Gasteiger partial charge in [-0.05, 0) is 23.8 Å². The Balaban J connectivity index is 2.29. The molecule has 0 radical (unpaired) electrons. The Bertz CT molecular complexity index is 493. The number of anilines is 1. The molecule has 0 unspecified atom stereocenters. The van der Waals surface area contributed by atoms with Gasteiger partial charge in [0.05, 0.1) is 18.7 Å². The van der Waals surface area contributed by atoms with E-state index in [1.165, 1.54) is 6.08 Å². The van der Waals surface area contributed by atoms with Crippen LogP contribution in [0.4, 0.5) is 5.69 Å². The number of hydrogen-bond donors (Lipinski definition) is 2. The number of ether oxygens (including phenoxy) is 1. The first-order valence-electron chi connectivity index (χ1n) is 5.13. The number of fused-ring (bicyclic) bond motifs is 1. The van der Waals surface area contributed by atoms with Crippen molar-refractivity contribution in [2.45, 2.75) is 6.42 Å². The maximum atomic E-state index is 11.3. The average molecular weight is 233 g/mol. The molecule has 0 spiro atoms. The van der Waals surface area contributed by atoms with Crippen LogP contribution in [-0.4, -0.2) is 23.6 Å². The van der Waals surface area contributed by atoms with E-state index in [1.807, 2.05) is 0 Å². The molecule has 0 saturated heterocycles. The first kappa shape index (κ1) is 11.2. The average Bonchev–Trinajstić information content (AvgIpc) is 2.46. The lowest BCUT2D eigenvalue weighted by molar-refractivity contribution is -0.131. The zero-order chi connectivity index (χ0) is 12.3. The summed E-state index contributed by atoms with van der Waals surface area (Å²) in [5, 5.41) is 11.2. The van der Waals surface area contributed by atoms with E-state index in [2.05, 4.69) is 5.32 Å². The Morgan fingerprint density at radius 2 is 2.29 bits per heavy atom. The molecule has 0 bridgehead atoms. The van der Waals surface area contributed by atoms with Gasteiger partial charge in [0.25, 0.3) is 0 Å². The van der Waals surface area contributed by atoms with Gasteiger partial charge in [-0.1, -0.05) is 6.07 Å². The summed E-state index contributed by atoms with van der Waals surface area (Å²) in [6.45, 7) is 0.350. The van der Waals surface area contributed by atoms with Crippen molar-refractivity contribution in [3.8, 4) is 5.75 Å². The standard InChI is InChI=1S/C12H11NO4/c14-11-5-6-17-10-3-1-8(2-4-12(15)16)7-9(10)13-11/h1-4,7H,5-6H2,(H,13,14)(H,15,16)/b4-2+. The van der Waals surface area contributed by atoms with E-state index in [9.17, 15) is 9.59 Å². The Kier molecular flexibility index (Phi) is 3.09. The van der Waals surface area contributed by atoms with Gasteiger partial charge in [-0.3, -0.25) is 4.79 Å². The molecule has 1 aliphatic heterocycles. The Hall–Kier alpha value is -2.30. The van der Waals surface area contributed by atoms with E-state index in [4.69, 9.17) is 9.84 Å². The molecule has 0 aliphatic carbocycles. The Labute approximate surface area is 97.7 Å². The first-order valence-corrected chi connectivity index (χ1v) is 5.13. The van der Waals surface area contributed by atoms with Crippen LogP contribution >= 0.6 is 0 Å². The number of benzene rings is 1. The van der Waals surface area contributed by atoms with Gasteiger partial charge in [-0.2, -0.15) is 0 Å². The molecule has 0 aromatic heterocycles. The van der Waals surface area contributed by atoms with Crippen LogP contribution in [0.15, 0.2) is 24.3 Å². The molecule has 1 amide bonds. The van der Waals surface area contributed by atoms with Crippen LogP contribution in [0.5, 0.6) is 5.75 Å². The van der Waals surface area contributed by atoms with Crippen LogP contribution in [0.25, 0.3) is 6.08 Å². The molecule has 1 aromatic carbocycles. The normalized spacial score (nSPS) is 14.7. The quantitative estimate of drug-likeness (QED) is 0.759. The molecule has 1 heterocycles. The van der Waals surface area contributed by atoms with Crippen molar-refractivity contribution in [2.75, 3.05) is 11.9 Å². The second-order valence-corrected chi connectivity index (χ2v) is 3.57. The van der Waals surface area contributed by atoms with E-state index in [0.29, 0.717) is 30.0 Å². The van der Waals surface area contributed by atoms with Gasteiger partial charge < -0.3 is 15.2 Å². The fourth-order valence-corrected chi connectivity index (χ4v) is 1.51. The molecular formula is C12H11NO4. The zero-order valence-corrected chi connectivity index (χ0v) is 8.97. The third-order valence-corrected chi connectivity index (χ3v) is 2.28. The molecule has 0 fully saturated rings. The minimum Gasteiger partial charge on any atom is -0.491 e. The van der Waals surface area contributed by atoms with Crippen molar-refractivity contribution in [1.29, 1.82) is 0 Å². The maximum absolute atomic E-state index is 11.3. The summed E-state index contributed by atoms with van der Waals surface area (Å²) in [7, 11) is 0. The van der Waals surface area contributed by atoms with E-state index in [1.54, 1.807) is 18.2 Å². The maximum Gasteiger partial charge on any atom is 0.328 e. The number of carbonyl (C=O) groups is 2. The molecule has 0 saturated carbocycles. The second-order valence-electron chi connectivity index (χ2n) is 3.57. The lowest BCUT2D eigenvalue weighted by Crippen LogP contribution is -2.10. The largest absolute Gasteiger partial charge is 0.491 e. The molecule has 5 heteroatoms. The van der Waals surface area contributed by atoms with Crippen LogP contribution in [-0.2, 0) is 9.59 Å². The Morgan fingerprint density at radius 1 is 1.47 bits per heavy atom. The fraction of sp³-hybridized carbons (Fsp3) is 0.167. The molecule has 5 nitrogen and oxygen atoms in total. The molecule has 1 aliphatic rings. The predicted molar refractivity (Wildman–Crippen MR) is 61.9 cm³/mol. The van der Waals surface area contributed by atoms with Crippen molar-refractivity contribution in [1.82, 2.24) is 0 Å². The monoisotopic (exact) mass is 233 g/mol. The molecular weight excluding hydrogens is 222 g/mol. The van der Waals surface area contributed by atoms with Crippen LogP contribution in [0, 0.1) is 0 Å². The van der Waals surface area contributed by atoms with Gasteiger partial charge in [0, 0.05) is 6.08 Å². The summed E-state index contributed by atoms with van der Waals surface area (Å²) in [5.74, 6) is -0.522. The van der Waals surface area contributed by atoms with E-state index >= 15 is 0 Å². The third kappa shape index (κ3) is 2.84. The highest BCUT2D eigenvalue weighted by Crippen LogP contribution is 2.28. The van der Waals surface area contributed by atoms with Crippen molar-refractivity contribution in [3.63, 3.8) is 0 Å². The number of carbonyl (C=O) groups excluding carboxylic acids is 1. The fourth-order valence-electron chi connectivity index (χ4n) is 1.51. The number of amides is 1. The molecule has 0 atom stereocenters. The number of rotatable bonds is 2. The van der Waals surface area contributed by atoms with Gasteiger partial charge in [0.2, 0.25) is 5.91 Å². The molecule has 17 heavy (non-hydrogen) atoms. The number of aliphatic carboxylic acids is 1. The summed E-state index contributed by atoms with van der Waals surface area (Å²) < 4.78 is 5.38. The van der Waals surface area contributed by atoms with Gasteiger partial charge in [-0.25, -0.2) is 4.79 Å². The molecule has 88 valence electrons. The van der Waals surface area contributed by atoms with Crippen LogP contribution in [0.3, 0.4) is 0 Å². The number of carboxylic acids is 1. The number of carboxylic acid groups (broad SMARTS) is 1. The Morgan fingerprint density at radius 3 is 3.06 bits per heavy atom. The minimum atomic E-state index is -1.01. The van der Waals surface area contributed by atoms with Crippen molar-refractivity contribution in [3.05, 3.63) is 29.8 Å². The predicted octanol–water partition coefficient (Wildman–Crippen LogP) is 1.51. The van der Waals surface area contributed by atoms with Gasteiger partial charge in [0.15, 0.2) is 0 Å². The number of hydrogen-bond acceptors (Lipinski definition) is 3. The smallest absolute Gasteiger partial charge is 0.328 e. The van der Waals surface area contributed by atoms with E-state index in [-0.39, 0.29) is 5.91 Å². The van der Waals surface area contributed by atoms with E-state index in [0.717, 1.165) is 6.08 Å². The SMILES string of the molecule is O=C(O)/C=C/c1ccc2c(c1)NC(=O)CCO2. The topological polar surface area (TPSA) is 75.6 Å².